The summed E-state index contributed by atoms with van der Waals surface area (Å²) in [6.45, 7) is 4.10. The average molecular weight is 277 g/mol. The lowest BCUT2D eigenvalue weighted by molar-refractivity contribution is -0.150. The Morgan fingerprint density at radius 2 is 2.20 bits per heavy atom. The van der Waals surface area contributed by atoms with Gasteiger partial charge in [0.05, 0.1) is 6.61 Å². The number of carbonyl (C=O) groups is 1. The Bertz CT molecular complexity index is 475. The SMILES string of the molecule is CCC1(C(=O)O)CCCN1Cc1cccc(COC)c1. The molecular weight excluding hydrogens is 254 g/mol. The molecule has 4 heteroatoms. The molecule has 1 aliphatic rings. The first-order valence-electron chi connectivity index (χ1n) is 7.17. The number of rotatable bonds is 6. The second kappa shape index (κ2) is 6.37. The minimum Gasteiger partial charge on any atom is -0.480 e. The Morgan fingerprint density at radius 3 is 2.85 bits per heavy atom. The molecule has 0 bridgehead atoms. The van der Waals surface area contributed by atoms with Crippen LogP contribution in [0.4, 0.5) is 0 Å². The summed E-state index contributed by atoms with van der Waals surface area (Å²) in [4.78, 5) is 13.8. The molecule has 1 unspecified atom stereocenters. The quantitative estimate of drug-likeness (QED) is 0.868. The summed E-state index contributed by atoms with van der Waals surface area (Å²) >= 11 is 0. The topological polar surface area (TPSA) is 49.8 Å². The van der Waals surface area contributed by atoms with Crippen LogP contribution >= 0.6 is 0 Å². The van der Waals surface area contributed by atoms with Gasteiger partial charge in [0.25, 0.3) is 0 Å². The van der Waals surface area contributed by atoms with Gasteiger partial charge in [-0.2, -0.15) is 0 Å². The molecule has 1 aromatic carbocycles. The molecule has 4 nitrogen and oxygen atoms in total. The molecule has 0 saturated carbocycles. The highest BCUT2D eigenvalue weighted by Gasteiger charge is 2.45. The van der Waals surface area contributed by atoms with E-state index in [2.05, 4.69) is 17.0 Å². The van der Waals surface area contributed by atoms with Crippen LogP contribution in [0.2, 0.25) is 0 Å². The molecule has 1 saturated heterocycles. The first-order chi connectivity index (χ1) is 9.62. The van der Waals surface area contributed by atoms with Gasteiger partial charge in [0, 0.05) is 13.7 Å². The number of benzene rings is 1. The summed E-state index contributed by atoms with van der Waals surface area (Å²) in [5, 5.41) is 9.59. The lowest BCUT2D eigenvalue weighted by atomic mass is 9.92. The van der Waals surface area contributed by atoms with Gasteiger partial charge in [0.1, 0.15) is 5.54 Å². The largest absolute Gasteiger partial charge is 0.480 e. The average Bonchev–Trinajstić information content (AvgIpc) is 2.83. The third-order valence-corrected chi connectivity index (χ3v) is 4.28. The van der Waals surface area contributed by atoms with E-state index in [9.17, 15) is 9.90 Å². The summed E-state index contributed by atoms with van der Waals surface area (Å²) < 4.78 is 5.15. The monoisotopic (exact) mass is 277 g/mol. The molecule has 1 fully saturated rings. The van der Waals surface area contributed by atoms with Crippen molar-refractivity contribution in [3.8, 4) is 0 Å². The first-order valence-corrected chi connectivity index (χ1v) is 7.17. The van der Waals surface area contributed by atoms with Crippen LogP contribution in [0.5, 0.6) is 0 Å². The van der Waals surface area contributed by atoms with Crippen molar-refractivity contribution in [3.63, 3.8) is 0 Å². The molecule has 0 radical (unpaired) electrons. The molecule has 0 aromatic heterocycles. The lowest BCUT2D eigenvalue weighted by Crippen LogP contribution is -2.49. The van der Waals surface area contributed by atoms with Crippen LogP contribution in [0.3, 0.4) is 0 Å². The molecule has 1 heterocycles. The second-order valence-corrected chi connectivity index (χ2v) is 5.47. The Balaban J connectivity index is 2.16. The van der Waals surface area contributed by atoms with Crippen molar-refractivity contribution >= 4 is 5.97 Å². The maximum atomic E-state index is 11.7. The van der Waals surface area contributed by atoms with E-state index in [1.807, 2.05) is 19.1 Å². The fourth-order valence-electron chi connectivity index (χ4n) is 3.16. The minimum atomic E-state index is -0.689. The predicted molar refractivity (Wildman–Crippen MR) is 77.5 cm³/mol. The fourth-order valence-corrected chi connectivity index (χ4v) is 3.16. The molecule has 1 atom stereocenters. The van der Waals surface area contributed by atoms with Crippen molar-refractivity contribution in [1.82, 2.24) is 4.90 Å². The Morgan fingerprint density at radius 1 is 1.45 bits per heavy atom. The van der Waals surface area contributed by atoms with Crippen molar-refractivity contribution in [3.05, 3.63) is 35.4 Å². The highest BCUT2D eigenvalue weighted by Crippen LogP contribution is 2.34. The predicted octanol–water partition coefficient (Wildman–Crippen LogP) is 2.66. The van der Waals surface area contributed by atoms with Crippen LogP contribution in [-0.2, 0) is 22.7 Å². The maximum absolute atomic E-state index is 11.7. The van der Waals surface area contributed by atoms with Gasteiger partial charge in [0.15, 0.2) is 0 Å². The standard InChI is InChI=1S/C16H23NO3/c1-3-16(15(18)19)8-5-9-17(16)11-13-6-4-7-14(10-13)12-20-2/h4,6-7,10H,3,5,8-9,11-12H2,1-2H3,(H,18,19). The maximum Gasteiger partial charge on any atom is 0.324 e. The van der Waals surface area contributed by atoms with Crippen molar-refractivity contribution in [2.24, 2.45) is 0 Å². The molecule has 110 valence electrons. The van der Waals surface area contributed by atoms with Gasteiger partial charge in [-0.05, 0) is 36.9 Å². The van der Waals surface area contributed by atoms with Gasteiger partial charge in [-0.3, -0.25) is 9.69 Å². The van der Waals surface area contributed by atoms with E-state index >= 15 is 0 Å². The van der Waals surface area contributed by atoms with E-state index in [1.54, 1.807) is 7.11 Å². The van der Waals surface area contributed by atoms with Crippen LogP contribution < -0.4 is 0 Å². The van der Waals surface area contributed by atoms with Crippen LogP contribution in [0.15, 0.2) is 24.3 Å². The fraction of sp³-hybridized carbons (Fsp3) is 0.562. The van der Waals surface area contributed by atoms with Crippen molar-refractivity contribution in [2.75, 3.05) is 13.7 Å². The first kappa shape index (κ1) is 15.0. The van der Waals surface area contributed by atoms with Gasteiger partial charge in [-0.1, -0.05) is 31.2 Å². The molecule has 1 aliphatic heterocycles. The summed E-state index contributed by atoms with van der Waals surface area (Å²) in [6.07, 6.45) is 2.36. The number of aliphatic carboxylic acids is 1. The van der Waals surface area contributed by atoms with E-state index in [4.69, 9.17) is 4.74 Å². The van der Waals surface area contributed by atoms with Gasteiger partial charge < -0.3 is 9.84 Å². The molecule has 20 heavy (non-hydrogen) atoms. The van der Waals surface area contributed by atoms with Gasteiger partial charge in [0.2, 0.25) is 0 Å². The number of nitrogens with zero attached hydrogens (tertiary/aromatic N) is 1. The number of likely N-dealkylation sites (tertiary alicyclic amines) is 1. The van der Waals surface area contributed by atoms with Gasteiger partial charge in [-0.25, -0.2) is 0 Å². The second-order valence-electron chi connectivity index (χ2n) is 5.47. The highest BCUT2D eigenvalue weighted by molar-refractivity contribution is 5.79. The van der Waals surface area contributed by atoms with Crippen molar-refractivity contribution < 1.29 is 14.6 Å². The molecular formula is C16H23NO3. The van der Waals surface area contributed by atoms with Crippen LogP contribution in [0, 0.1) is 0 Å². The summed E-state index contributed by atoms with van der Waals surface area (Å²) in [5.74, 6) is -0.689. The molecule has 0 aliphatic carbocycles. The highest BCUT2D eigenvalue weighted by atomic mass is 16.5. The van der Waals surface area contributed by atoms with E-state index < -0.39 is 11.5 Å². The van der Waals surface area contributed by atoms with E-state index in [0.717, 1.165) is 30.5 Å². The van der Waals surface area contributed by atoms with Gasteiger partial charge in [-0.15, -0.1) is 0 Å². The van der Waals surface area contributed by atoms with Crippen molar-refractivity contribution in [1.29, 1.82) is 0 Å². The normalized spacial score (nSPS) is 23.1. The molecule has 1 aromatic rings. The lowest BCUT2D eigenvalue weighted by Gasteiger charge is -2.34. The van der Waals surface area contributed by atoms with E-state index in [1.165, 1.54) is 0 Å². The number of hydrogen-bond donors (Lipinski definition) is 1. The van der Waals surface area contributed by atoms with Crippen LogP contribution in [0.1, 0.15) is 37.3 Å². The third-order valence-electron chi connectivity index (χ3n) is 4.28. The van der Waals surface area contributed by atoms with Crippen LogP contribution in [0.25, 0.3) is 0 Å². The smallest absolute Gasteiger partial charge is 0.324 e. The zero-order valence-electron chi connectivity index (χ0n) is 12.3. The zero-order chi connectivity index (χ0) is 14.6. The Kier molecular flexibility index (Phi) is 4.78. The molecule has 0 amide bonds. The number of methoxy groups -OCH3 is 1. The molecule has 1 N–H and O–H groups in total. The Hall–Kier alpha value is -1.39. The molecule has 0 spiro atoms. The summed E-state index contributed by atoms with van der Waals surface area (Å²) in [6, 6.07) is 8.19. The van der Waals surface area contributed by atoms with Crippen molar-refractivity contribution in [2.45, 2.75) is 44.9 Å². The minimum absolute atomic E-state index is 0.589. The number of carboxylic acids is 1. The van der Waals surface area contributed by atoms with Gasteiger partial charge >= 0.3 is 5.97 Å². The summed E-state index contributed by atoms with van der Waals surface area (Å²) in [7, 11) is 1.68. The number of ether oxygens (including phenoxy) is 1. The Labute approximate surface area is 120 Å². The van der Waals surface area contributed by atoms with Crippen LogP contribution in [-0.4, -0.2) is 35.2 Å². The van der Waals surface area contributed by atoms with E-state index in [0.29, 0.717) is 19.6 Å². The third kappa shape index (κ3) is 2.86. The zero-order valence-corrected chi connectivity index (χ0v) is 12.3. The molecule has 2 rings (SSSR count). The number of carboxylic acid groups (broad SMARTS) is 1. The number of hydrogen-bond acceptors (Lipinski definition) is 3. The van der Waals surface area contributed by atoms with E-state index in [-0.39, 0.29) is 0 Å². The summed E-state index contributed by atoms with van der Waals surface area (Å²) in [5.41, 5.74) is 1.60.